The molecule has 2 fully saturated rings. The summed E-state index contributed by atoms with van der Waals surface area (Å²) in [5.74, 6) is 0. The van der Waals surface area contributed by atoms with Gasteiger partial charge in [-0.15, -0.1) is 0 Å². The summed E-state index contributed by atoms with van der Waals surface area (Å²) in [6, 6.07) is 9.27. The zero-order valence-electron chi connectivity index (χ0n) is 12.6. The highest BCUT2D eigenvalue weighted by Crippen LogP contribution is 2.35. The van der Waals surface area contributed by atoms with E-state index in [1.807, 2.05) is 11.7 Å². The SMILES string of the molecule is Cn1nc(CC2(CNC3CC3)CCOC2)c2ccccc21. The van der Waals surface area contributed by atoms with Gasteiger partial charge in [0.05, 0.1) is 17.8 Å². The summed E-state index contributed by atoms with van der Waals surface area (Å²) in [7, 11) is 2.03. The first kappa shape index (κ1) is 13.3. The van der Waals surface area contributed by atoms with E-state index in [2.05, 4.69) is 29.6 Å². The highest BCUT2D eigenvalue weighted by molar-refractivity contribution is 5.81. The first-order chi connectivity index (χ1) is 10.3. The first-order valence-electron chi connectivity index (χ1n) is 7.98. The molecule has 1 aromatic carbocycles. The zero-order chi connectivity index (χ0) is 14.3. The summed E-state index contributed by atoms with van der Waals surface area (Å²) in [4.78, 5) is 0. The molecular formula is C17H23N3O. The van der Waals surface area contributed by atoms with Crippen LogP contribution >= 0.6 is 0 Å². The van der Waals surface area contributed by atoms with E-state index < -0.39 is 0 Å². The number of aromatic nitrogens is 2. The van der Waals surface area contributed by atoms with E-state index in [0.29, 0.717) is 0 Å². The van der Waals surface area contributed by atoms with Gasteiger partial charge in [-0.2, -0.15) is 5.10 Å². The van der Waals surface area contributed by atoms with Crippen molar-refractivity contribution in [3.63, 3.8) is 0 Å². The van der Waals surface area contributed by atoms with Crippen LogP contribution in [0.1, 0.15) is 25.0 Å². The fraction of sp³-hybridized carbons (Fsp3) is 0.588. The van der Waals surface area contributed by atoms with Crippen LogP contribution in [-0.2, 0) is 18.2 Å². The number of para-hydroxylation sites is 1. The molecule has 4 heteroatoms. The van der Waals surface area contributed by atoms with Gasteiger partial charge in [0.2, 0.25) is 0 Å². The minimum absolute atomic E-state index is 0.222. The molecule has 1 atom stereocenters. The van der Waals surface area contributed by atoms with E-state index in [0.717, 1.165) is 38.6 Å². The summed E-state index contributed by atoms with van der Waals surface area (Å²) < 4.78 is 7.73. The van der Waals surface area contributed by atoms with Crippen LogP contribution in [0.15, 0.2) is 24.3 Å². The maximum Gasteiger partial charge on any atom is 0.0710 e. The van der Waals surface area contributed by atoms with Crippen LogP contribution in [0.4, 0.5) is 0 Å². The highest BCUT2D eigenvalue weighted by atomic mass is 16.5. The standard InChI is InChI=1S/C17H23N3O/c1-20-16-5-3-2-4-14(16)15(19-20)10-17(8-9-21-12-17)11-18-13-6-7-13/h2-5,13,18H,6-12H2,1H3. The molecule has 1 aliphatic heterocycles. The Morgan fingerprint density at radius 2 is 2.24 bits per heavy atom. The monoisotopic (exact) mass is 285 g/mol. The number of ether oxygens (including phenoxy) is 1. The van der Waals surface area contributed by atoms with Crippen LogP contribution in [0.5, 0.6) is 0 Å². The topological polar surface area (TPSA) is 39.1 Å². The molecule has 1 N–H and O–H groups in total. The molecule has 2 aromatic rings. The van der Waals surface area contributed by atoms with Gasteiger partial charge in [0.25, 0.3) is 0 Å². The Morgan fingerprint density at radius 1 is 1.38 bits per heavy atom. The van der Waals surface area contributed by atoms with Crippen LogP contribution in [-0.4, -0.2) is 35.6 Å². The minimum Gasteiger partial charge on any atom is -0.381 e. The van der Waals surface area contributed by atoms with Crippen molar-refractivity contribution in [2.45, 2.75) is 31.7 Å². The van der Waals surface area contributed by atoms with Crippen LogP contribution in [0.25, 0.3) is 10.9 Å². The van der Waals surface area contributed by atoms with Crippen molar-refractivity contribution in [1.29, 1.82) is 0 Å². The van der Waals surface area contributed by atoms with E-state index >= 15 is 0 Å². The summed E-state index contributed by atoms with van der Waals surface area (Å²) in [6.07, 6.45) is 4.82. The van der Waals surface area contributed by atoms with Gasteiger partial charge in [-0.25, -0.2) is 0 Å². The third-order valence-electron chi connectivity index (χ3n) is 4.90. The molecule has 0 radical (unpaired) electrons. The average molecular weight is 285 g/mol. The molecule has 2 aliphatic rings. The number of benzene rings is 1. The van der Waals surface area contributed by atoms with Crippen molar-refractivity contribution in [3.05, 3.63) is 30.0 Å². The number of hydrogen-bond donors (Lipinski definition) is 1. The lowest BCUT2D eigenvalue weighted by molar-refractivity contribution is 0.148. The Hall–Kier alpha value is -1.39. The predicted molar refractivity (Wildman–Crippen MR) is 83.3 cm³/mol. The van der Waals surface area contributed by atoms with Gasteiger partial charge in [-0.1, -0.05) is 18.2 Å². The molecule has 0 spiro atoms. The fourth-order valence-corrected chi connectivity index (χ4v) is 3.41. The summed E-state index contributed by atoms with van der Waals surface area (Å²) >= 11 is 0. The van der Waals surface area contributed by atoms with E-state index in [1.165, 1.54) is 29.4 Å². The van der Waals surface area contributed by atoms with Gasteiger partial charge in [0.1, 0.15) is 0 Å². The number of rotatable bonds is 5. The maximum absolute atomic E-state index is 5.73. The van der Waals surface area contributed by atoms with Gasteiger partial charge in [-0.05, 0) is 25.3 Å². The quantitative estimate of drug-likeness (QED) is 0.916. The van der Waals surface area contributed by atoms with E-state index in [1.54, 1.807) is 0 Å². The first-order valence-corrected chi connectivity index (χ1v) is 7.98. The van der Waals surface area contributed by atoms with Gasteiger partial charge in [0, 0.05) is 43.5 Å². The molecule has 1 saturated carbocycles. The van der Waals surface area contributed by atoms with Crippen molar-refractivity contribution < 1.29 is 4.74 Å². The molecule has 4 rings (SSSR count). The lowest BCUT2D eigenvalue weighted by Crippen LogP contribution is -2.38. The lowest BCUT2D eigenvalue weighted by Gasteiger charge is -2.27. The van der Waals surface area contributed by atoms with E-state index in [9.17, 15) is 0 Å². The smallest absolute Gasteiger partial charge is 0.0710 e. The highest BCUT2D eigenvalue weighted by Gasteiger charge is 2.37. The number of aryl methyl sites for hydroxylation is 1. The molecule has 0 bridgehead atoms. The maximum atomic E-state index is 5.73. The largest absolute Gasteiger partial charge is 0.381 e. The second-order valence-corrected chi connectivity index (χ2v) is 6.72. The molecule has 1 unspecified atom stereocenters. The molecule has 2 heterocycles. The van der Waals surface area contributed by atoms with Crippen molar-refractivity contribution in [1.82, 2.24) is 15.1 Å². The molecule has 1 saturated heterocycles. The molecule has 112 valence electrons. The van der Waals surface area contributed by atoms with Gasteiger partial charge in [0.15, 0.2) is 0 Å². The van der Waals surface area contributed by atoms with E-state index in [-0.39, 0.29) is 5.41 Å². The zero-order valence-corrected chi connectivity index (χ0v) is 12.6. The van der Waals surface area contributed by atoms with Crippen molar-refractivity contribution in [3.8, 4) is 0 Å². The number of fused-ring (bicyclic) bond motifs is 1. The summed E-state index contributed by atoms with van der Waals surface area (Å²) in [5, 5.41) is 9.76. The predicted octanol–water partition coefficient (Wildman–Crippen LogP) is 2.27. The summed E-state index contributed by atoms with van der Waals surface area (Å²) in [5.41, 5.74) is 2.66. The lowest BCUT2D eigenvalue weighted by atomic mass is 9.81. The number of nitrogens with one attached hydrogen (secondary N) is 1. The molecule has 21 heavy (non-hydrogen) atoms. The third kappa shape index (κ3) is 2.58. The second-order valence-electron chi connectivity index (χ2n) is 6.72. The third-order valence-corrected chi connectivity index (χ3v) is 4.90. The van der Waals surface area contributed by atoms with Gasteiger partial charge < -0.3 is 10.1 Å². The number of nitrogens with zero attached hydrogens (tertiary/aromatic N) is 2. The normalized spacial score (nSPS) is 25.8. The minimum atomic E-state index is 0.222. The van der Waals surface area contributed by atoms with Crippen LogP contribution in [0.3, 0.4) is 0 Å². The van der Waals surface area contributed by atoms with Crippen LogP contribution in [0.2, 0.25) is 0 Å². The van der Waals surface area contributed by atoms with Gasteiger partial charge in [-0.3, -0.25) is 4.68 Å². The molecular weight excluding hydrogens is 262 g/mol. The van der Waals surface area contributed by atoms with Crippen molar-refractivity contribution in [2.75, 3.05) is 19.8 Å². The fourth-order valence-electron chi connectivity index (χ4n) is 3.41. The summed E-state index contributed by atoms with van der Waals surface area (Å²) in [6.45, 7) is 2.80. The average Bonchev–Trinajstić information content (AvgIpc) is 3.15. The van der Waals surface area contributed by atoms with Crippen molar-refractivity contribution in [2.24, 2.45) is 12.5 Å². The van der Waals surface area contributed by atoms with Crippen molar-refractivity contribution >= 4 is 10.9 Å². The van der Waals surface area contributed by atoms with Crippen LogP contribution in [0, 0.1) is 5.41 Å². The molecule has 1 aliphatic carbocycles. The molecule has 1 aromatic heterocycles. The Morgan fingerprint density at radius 3 is 3.00 bits per heavy atom. The van der Waals surface area contributed by atoms with Crippen LogP contribution < -0.4 is 5.32 Å². The Bertz CT molecular complexity index is 639. The second kappa shape index (κ2) is 5.11. The Labute approximate surface area is 125 Å². The van der Waals surface area contributed by atoms with E-state index in [4.69, 9.17) is 9.84 Å². The Kier molecular flexibility index (Phi) is 3.23. The number of hydrogen-bond acceptors (Lipinski definition) is 3. The molecule has 4 nitrogen and oxygen atoms in total. The van der Waals surface area contributed by atoms with Gasteiger partial charge >= 0.3 is 0 Å². The molecule has 0 amide bonds. The Balaban J connectivity index is 1.61.